The molecule has 0 spiro atoms. The monoisotopic (exact) mass is 344 g/mol. The Morgan fingerprint density at radius 3 is 2.23 bits per heavy atom. The Bertz CT molecular complexity index is 916. The zero-order valence-electron chi connectivity index (χ0n) is 14.8. The molecule has 0 bridgehead atoms. The van der Waals surface area contributed by atoms with Crippen LogP contribution in [-0.4, -0.2) is 18.7 Å². The van der Waals surface area contributed by atoms with Gasteiger partial charge in [0.1, 0.15) is 5.75 Å². The van der Waals surface area contributed by atoms with Gasteiger partial charge in [-0.1, -0.05) is 60.7 Å². The molecule has 1 N–H and O–H groups in total. The molecule has 0 aromatic heterocycles. The summed E-state index contributed by atoms with van der Waals surface area (Å²) in [7, 11) is 1.57. The van der Waals surface area contributed by atoms with Crippen molar-refractivity contribution < 1.29 is 9.53 Å². The van der Waals surface area contributed by atoms with Gasteiger partial charge in [-0.15, -0.1) is 0 Å². The molecule has 0 radical (unpaired) electrons. The highest BCUT2D eigenvalue weighted by molar-refractivity contribution is 6.01. The summed E-state index contributed by atoms with van der Waals surface area (Å²) >= 11 is 0. The lowest BCUT2D eigenvalue weighted by atomic mass is 10.0. The zero-order valence-corrected chi connectivity index (χ0v) is 14.8. The summed E-state index contributed by atoms with van der Waals surface area (Å²) in [5.74, 6) is 0.360. The van der Waals surface area contributed by atoms with E-state index in [1.807, 2.05) is 49.4 Å². The minimum atomic E-state index is -0.274. The van der Waals surface area contributed by atoms with Crippen molar-refractivity contribution in [3.8, 4) is 16.9 Å². The zero-order chi connectivity index (χ0) is 18.4. The molecule has 0 atom stereocenters. The fourth-order valence-electron chi connectivity index (χ4n) is 2.56. The number of benzene rings is 3. The SMILES string of the molecule is COc1cccc(C(=O)N/N=C(\C)c2ccc(-c3ccccc3)cc2)c1. The summed E-state index contributed by atoms with van der Waals surface area (Å²) in [6.45, 7) is 1.86. The van der Waals surface area contributed by atoms with E-state index in [0.717, 1.165) is 16.8 Å². The molecule has 0 aliphatic carbocycles. The average Bonchev–Trinajstić information content (AvgIpc) is 2.72. The molecule has 0 unspecified atom stereocenters. The van der Waals surface area contributed by atoms with Gasteiger partial charge in [0, 0.05) is 5.56 Å². The lowest BCUT2D eigenvalue weighted by molar-refractivity contribution is 0.0954. The van der Waals surface area contributed by atoms with Crippen molar-refractivity contribution in [3.05, 3.63) is 90.0 Å². The van der Waals surface area contributed by atoms with Crippen molar-refractivity contribution in [2.75, 3.05) is 7.11 Å². The van der Waals surface area contributed by atoms with Gasteiger partial charge in [0.25, 0.3) is 5.91 Å². The first-order valence-corrected chi connectivity index (χ1v) is 8.32. The fourth-order valence-corrected chi connectivity index (χ4v) is 2.56. The second-order valence-electron chi connectivity index (χ2n) is 5.81. The molecule has 0 saturated carbocycles. The summed E-state index contributed by atoms with van der Waals surface area (Å²) < 4.78 is 5.13. The Hall–Kier alpha value is -3.40. The lowest BCUT2D eigenvalue weighted by Gasteiger charge is -2.06. The van der Waals surface area contributed by atoms with E-state index < -0.39 is 0 Å². The first-order valence-electron chi connectivity index (χ1n) is 8.32. The lowest BCUT2D eigenvalue weighted by Crippen LogP contribution is -2.19. The molecule has 0 saturated heterocycles. The largest absolute Gasteiger partial charge is 0.497 e. The number of carbonyl (C=O) groups excluding carboxylic acids is 1. The molecule has 0 aliphatic heterocycles. The molecule has 3 aromatic rings. The van der Waals surface area contributed by atoms with Crippen molar-refractivity contribution in [1.82, 2.24) is 5.43 Å². The summed E-state index contributed by atoms with van der Waals surface area (Å²) in [5.41, 5.74) is 7.09. The van der Waals surface area contributed by atoms with E-state index in [9.17, 15) is 4.79 Å². The van der Waals surface area contributed by atoms with E-state index >= 15 is 0 Å². The highest BCUT2D eigenvalue weighted by Crippen LogP contribution is 2.19. The third-order valence-electron chi connectivity index (χ3n) is 4.07. The van der Waals surface area contributed by atoms with Crippen LogP contribution >= 0.6 is 0 Å². The number of nitrogens with one attached hydrogen (secondary N) is 1. The number of ether oxygens (including phenoxy) is 1. The van der Waals surface area contributed by atoms with Gasteiger partial charge in [-0.2, -0.15) is 5.10 Å². The summed E-state index contributed by atoms with van der Waals surface area (Å²) in [6, 6.07) is 25.2. The van der Waals surface area contributed by atoms with Gasteiger partial charge in [0.05, 0.1) is 12.8 Å². The van der Waals surface area contributed by atoms with Gasteiger partial charge in [-0.25, -0.2) is 5.43 Å². The molecule has 130 valence electrons. The van der Waals surface area contributed by atoms with Gasteiger partial charge in [-0.3, -0.25) is 4.79 Å². The third-order valence-corrected chi connectivity index (χ3v) is 4.07. The van der Waals surface area contributed by atoms with E-state index in [0.29, 0.717) is 11.3 Å². The number of hydrazone groups is 1. The van der Waals surface area contributed by atoms with E-state index in [1.54, 1.807) is 31.4 Å². The summed E-state index contributed by atoms with van der Waals surface area (Å²) in [5, 5.41) is 4.20. The van der Waals surface area contributed by atoms with Gasteiger partial charge in [0.15, 0.2) is 0 Å². The fraction of sp³-hybridized carbons (Fsp3) is 0.0909. The van der Waals surface area contributed by atoms with Crippen molar-refractivity contribution in [3.63, 3.8) is 0 Å². The van der Waals surface area contributed by atoms with E-state index in [1.165, 1.54) is 5.56 Å². The molecular weight excluding hydrogens is 324 g/mol. The van der Waals surface area contributed by atoms with E-state index in [-0.39, 0.29) is 5.91 Å². The molecule has 0 fully saturated rings. The van der Waals surface area contributed by atoms with Crippen LogP contribution in [0.15, 0.2) is 84.0 Å². The Kier molecular flexibility index (Phi) is 5.44. The van der Waals surface area contributed by atoms with E-state index in [4.69, 9.17) is 4.74 Å². The van der Waals surface area contributed by atoms with Crippen LogP contribution in [0.1, 0.15) is 22.8 Å². The number of carbonyl (C=O) groups is 1. The first kappa shape index (κ1) is 17.4. The van der Waals surface area contributed by atoms with Crippen molar-refractivity contribution in [1.29, 1.82) is 0 Å². The first-order chi connectivity index (χ1) is 12.7. The molecule has 1 amide bonds. The highest BCUT2D eigenvalue weighted by atomic mass is 16.5. The third kappa shape index (κ3) is 4.16. The number of methoxy groups -OCH3 is 1. The Morgan fingerprint density at radius 1 is 0.846 bits per heavy atom. The van der Waals surface area contributed by atoms with Gasteiger partial charge >= 0.3 is 0 Å². The Labute approximate surface area is 153 Å². The standard InChI is InChI=1S/C22H20N2O2/c1-16(23-24-22(25)20-9-6-10-21(15-20)26-2)17-11-13-19(14-12-17)18-7-4-3-5-8-18/h3-15H,1-2H3,(H,24,25)/b23-16+. The average molecular weight is 344 g/mol. The smallest absolute Gasteiger partial charge is 0.271 e. The number of hydrogen-bond donors (Lipinski definition) is 1. The molecule has 26 heavy (non-hydrogen) atoms. The maximum atomic E-state index is 12.2. The van der Waals surface area contributed by atoms with Crippen LogP contribution in [-0.2, 0) is 0 Å². The van der Waals surface area contributed by atoms with Crippen LogP contribution in [0.5, 0.6) is 5.75 Å². The maximum Gasteiger partial charge on any atom is 0.271 e. The van der Waals surface area contributed by atoms with Gasteiger partial charge in [0.2, 0.25) is 0 Å². The molecule has 0 heterocycles. The van der Waals surface area contributed by atoms with Crippen molar-refractivity contribution in [2.24, 2.45) is 5.10 Å². The van der Waals surface area contributed by atoms with E-state index in [2.05, 4.69) is 22.7 Å². The van der Waals surface area contributed by atoms with Crippen LogP contribution < -0.4 is 10.2 Å². The topological polar surface area (TPSA) is 50.7 Å². The maximum absolute atomic E-state index is 12.2. The van der Waals surface area contributed by atoms with Crippen LogP contribution in [0.2, 0.25) is 0 Å². The quantitative estimate of drug-likeness (QED) is 0.547. The number of rotatable bonds is 5. The molecule has 4 heteroatoms. The number of hydrogen-bond acceptors (Lipinski definition) is 3. The Morgan fingerprint density at radius 2 is 1.54 bits per heavy atom. The molecule has 0 aliphatic rings. The Balaban J connectivity index is 1.70. The second-order valence-corrected chi connectivity index (χ2v) is 5.81. The predicted molar refractivity (Wildman–Crippen MR) is 105 cm³/mol. The van der Waals surface area contributed by atoms with Crippen molar-refractivity contribution in [2.45, 2.75) is 6.92 Å². The van der Waals surface area contributed by atoms with Gasteiger partial charge in [-0.05, 0) is 41.8 Å². The van der Waals surface area contributed by atoms with Crippen LogP contribution in [0.3, 0.4) is 0 Å². The summed E-state index contributed by atoms with van der Waals surface area (Å²) in [4.78, 5) is 12.2. The van der Waals surface area contributed by atoms with Crippen LogP contribution in [0.25, 0.3) is 11.1 Å². The number of amides is 1. The second kappa shape index (κ2) is 8.12. The number of nitrogens with zero attached hydrogens (tertiary/aromatic N) is 1. The molecule has 4 nitrogen and oxygen atoms in total. The summed E-state index contributed by atoms with van der Waals surface area (Å²) in [6.07, 6.45) is 0. The van der Waals surface area contributed by atoms with Crippen LogP contribution in [0, 0.1) is 0 Å². The van der Waals surface area contributed by atoms with Crippen molar-refractivity contribution >= 4 is 11.6 Å². The highest BCUT2D eigenvalue weighted by Gasteiger charge is 2.06. The van der Waals surface area contributed by atoms with Crippen LogP contribution in [0.4, 0.5) is 0 Å². The molecule has 3 rings (SSSR count). The van der Waals surface area contributed by atoms with Gasteiger partial charge < -0.3 is 4.74 Å². The predicted octanol–water partition coefficient (Wildman–Crippen LogP) is 4.52. The molecular formula is C22H20N2O2. The minimum Gasteiger partial charge on any atom is -0.497 e. The normalized spacial score (nSPS) is 11.1. The molecule has 3 aromatic carbocycles. The minimum absolute atomic E-state index is 0.274.